The van der Waals surface area contributed by atoms with E-state index >= 15 is 0 Å². The van der Waals surface area contributed by atoms with Gasteiger partial charge in [-0.2, -0.15) is 18.0 Å². The van der Waals surface area contributed by atoms with Crippen LogP contribution >= 0.6 is 22.9 Å². The average molecular weight is 508 g/mol. The molecule has 1 aromatic carbocycles. The number of aromatic nitrogens is 3. The van der Waals surface area contributed by atoms with Gasteiger partial charge in [0, 0.05) is 38.3 Å². The van der Waals surface area contributed by atoms with Gasteiger partial charge in [-0.3, -0.25) is 4.18 Å². The molecule has 10 nitrogen and oxygen atoms in total. The number of hydrogen-bond acceptors (Lipinski definition) is 9. The Hall–Kier alpha value is -2.74. The van der Waals surface area contributed by atoms with Gasteiger partial charge in [-0.05, 0) is 30.2 Å². The molecule has 13 heteroatoms. The lowest BCUT2D eigenvalue weighted by Gasteiger charge is -2.18. The second kappa shape index (κ2) is 8.24. The number of nitrogens with two attached hydrogens (primary N) is 1. The zero-order chi connectivity index (χ0) is 23.3. The molecule has 4 aromatic rings. The van der Waals surface area contributed by atoms with Crippen LogP contribution in [0.4, 0.5) is 5.82 Å². The van der Waals surface area contributed by atoms with E-state index in [0.29, 0.717) is 16.5 Å². The van der Waals surface area contributed by atoms with Gasteiger partial charge in [0.25, 0.3) is 0 Å². The second-order valence-electron chi connectivity index (χ2n) is 7.56. The number of hydrogen-bond donors (Lipinski definition) is 4. The van der Waals surface area contributed by atoms with E-state index in [1.54, 1.807) is 28.1 Å². The van der Waals surface area contributed by atoms with E-state index in [0.717, 1.165) is 21.3 Å². The standard InChI is InChI=1S/C20H18ClN5O5S2/c21-11-1-2-12-13(9-32-16(12)6-11)14-7-18-23-4-3-17(26(18)25-14)24-15-5-10(19(27)20(15)28)8-31-33(22,29)30/h1-4,6-7,9,15,20,24,27-28H,5,8H2,(H2,22,29,30)/t15-,20+/m1/s1. The number of rotatable bonds is 6. The molecule has 0 aliphatic heterocycles. The number of aliphatic hydroxyl groups is 2. The fraction of sp³-hybridized carbons (Fsp3) is 0.200. The molecule has 1 aliphatic rings. The summed E-state index contributed by atoms with van der Waals surface area (Å²) in [5.41, 5.74) is 2.50. The highest BCUT2D eigenvalue weighted by Crippen LogP contribution is 2.35. The first-order chi connectivity index (χ1) is 15.7. The van der Waals surface area contributed by atoms with E-state index < -0.39 is 29.1 Å². The molecule has 1 aliphatic carbocycles. The Morgan fingerprint density at radius 1 is 1.33 bits per heavy atom. The fourth-order valence-corrected chi connectivity index (χ4v) is 5.36. The summed E-state index contributed by atoms with van der Waals surface area (Å²) >= 11 is 7.67. The zero-order valence-corrected chi connectivity index (χ0v) is 19.2. The van der Waals surface area contributed by atoms with Crippen molar-refractivity contribution in [2.24, 2.45) is 5.14 Å². The summed E-state index contributed by atoms with van der Waals surface area (Å²) in [6, 6.07) is 8.61. The van der Waals surface area contributed by atoms with Crippen LogP contribution < -0.4 is 10.5 Å². The van der Waals surface area contributed by atoms with Crippen molar-refractivity contribution in [2.75, 3.05) is 11.9 Å². The van der Waals surface area contributed by atoms with Gasteiger partial charge in [-0.25, -0.2) is 10.1 Å². The molecule has 0 amide bonds. The van der Waals surface area contributed by atoms with Crippen molar-refractivity contribution in [3.05, 3.63) is 58.3 Å². The van der Waals surface area contributed by atoms with Crippen LogP contribution in [0.15, 0.2) is 53.2 Å². The lowest BCUT2D eigenvalue weighted by atomic mass is 10.1. The molecular formula is C20H18ClN5O5S2. The van der Waals surface area contributed by atoms with Crippen LogP contribution in [-0.4, -0.2) is 52.0 Å². The van der Waals surface area contributed by atoms with Crippen molar-refractivity contribution in [1.29, 1.82) is 0 Å². The molecule has 5 rings (SSSR count). The average Bonchev–Trinajstić information content (AvgIpc) is 3.44. The van der Waals surface area contributed by atoms with E-state index in [9.17, 15) is 18.6 Å². The lowest BCUT2D eigenvalue weighted by Crippen LogP contribution is -2.31. The highest BCUT2D eigenvalue weighted by molar-refractivity contribution is 7.84. The zero-order valence-electron chi connectivity index (χ0n) is 16.8. The van der Waals surface area contributed by atoms with E-state index in [1.165, 1.54) is 0 Å². The Morgan fingerprint density at radius 3 is 2.94 bits per heavy atom. The van der Waals surface area contributed by atoms with Gasteiger partial charge in [0.15, 0.2) is 5.65 Å². The van der Waals surface area contributed by atoms with E-state index in [2.05, 4.69) is 19.6 Å². The third-order valence-electron chi connectivity index (χ3n) is 5.39. The molecule has 0 fully saturated rings. The van der Waals surface area contributed by atoms with Crippen molar-refractivity contribution in [3.8, 4) is 11.3 Å². The number of halogens is 1. The fourth-order valence-electron chi connectivity index (χ4n) is 3.82. The van der Waals surface area contributed by atoms with Crippen LogP contribution in [-0.2, 0) is 14.5 Å². The van der Waals surface area contributed by atoms with Crippen LogP contribution in [0, 0.1) is 0 Å². The van der Waals surface area contributed by atoms with Gasteiger partial charge in [-0.1, -0.05) is 17.7 Å². The summed E-state index contributed by atoms with van der Waals surface area (Å²) in [6.45, 7) is -0.438. The van der Waals surface area contributed by atoms with Crippen LogP contribution in [0.5, 0.6) is 0 Å². The highest BCUT2D eigenvalue weighted by atomic mass is 35.5. The molecule has 0 saturated carbocycles. The molecule has 33 heavy (non-hydrogen) atoms. The summed E-state index contributed by atoms with van der Waals surface area (Å²) in [5.74, 6) is 0.199. The van der Waals surface area contributed by atoms with Crippen LogP contribution in [0.3, 0.4) is 0 Å². The van der Waals surface area contributed by atoms with E-state index in [-0.39, 0.29) is 17.8 Å². The maximum atomic E-state index is 11.0. The Bertz CT molecular complexity index is 1510. The third-order valence-corrected chi connectivity index (χ3v) is 7.02. The topological polar surface area (TPSA) is 152 Å². The molecule has 3 aromatic heterocycles. The molecule has 0 spiro atoms. The van der Waals surface area contributed by atoms with E-state index in [4.69, 9.17) is 16.7 Å². The minimum Gasteiger partial charge on any atom is -0.509 e. The number of benzene rings is 1. The predicted octanol–water partition coefficient (Wildman–Crippen LogP) is 2.84. The normalized spacial score (nSPS) is 19.1. The summed E-state index contributed by atoms with van der Waals surface area (Å²) in [6.07, 6.45) is 0.498. The van der Waals surface area contributed by atoms with Gasteiger partial charge >= 0.3 is 10.3 Å². The molecule has 0 bridgehead atoms. The van der Waals surface area contributed by atoms with Crippen LogP contribution in [0.25, 0.3) is 27.0 Å². The minimum absolute atomic E-state index is 0.149. The number of aliphatic hydroxyl groups excluding tert-OH is 2. The molecule has 172 valence electrons. The number of anilines is 1. The van der Waals surface area contributed by atoms with Crippen molar-refractivity contribution < 1.29 is 22.8 Å². The van der Waals surface area contributed by atoms with E-state index in [1.807, 2.05) is 29.6 Å². The van der Waals surface area contributed by atoms with Crippen molar-refractivity contribution in [2.45, 2.75) is 18.6 Å². The highest BCUT2D eigenvalue weighted by Gasteiger charge is 2.34. The molecule has 3 heterocycles. The minimum atomic E-state index is -4.17. The SMILES string of the molecule is NS(=O)(=O)OCC1=C(O)[C@@H](O)[C@H](Nc2ccnc3cc(-c4csc5cc(Cl)ccc45)nn23)C1. The second-order valence-corrected chi connectivity index (χ2v) is 10.1. The summed E-state index contributed by atoms with van der Waals surface area (Å²) in [7, 11) is -4.17. The maximum absolute atomic E-state index is 11.0. The Balaban J connectivity index is 1.42. The molecule has 0 radical (unpaired) electrons. The van der Waals surface area contributed by atoms with Gasteiger partial charge < -0.3 is 15.5 Å². The molecular weight excluding hydrogens is 490 g/mol. The van der Waals surface area contributed by atoms with Crippen molar-refractivity contribution in [1.82, 2.24) is 14.6 Å². The number of nitrogens with zero attached hydrogens (tertiary/aromatic N) is 3. The Kier molecular flexibility index (Phi) is 5.51. The molecule has 2 atom stereocenters. The summed E-state index contributed by atoms with van der Waals surface area (Å²) in [5, 5.41) is 37.0. The quantitative estimate of drug-likeness (QED) is 0.311. The Labute approximate surface area is 197 Å². The molecule has 5 N–H and O–H groups in total. The third kappa shape index (κ3) is 4.28. The number of fused-ring (bicyclic) bond motifs is 2. The largest absolute Gasteiger partial charge is 0.509 e. The van der Waals surface area contributed by atoms with Crippen molar-refractivity contribution in [3.63, 3.8) is 0 Å². The number of thiophene rings is 1. The Morgan fingerprint density at radius 2 is 2.15 bits per heavy atom. The monoisotopic (exact) mass is 507 g/mol. The first-order valence-electron chi connectivity index (χ1n) is 9.74. The van der Waals surface area contributed by atoms with Gasteiger partial charge in [0.1, 0.15) is 17.7 Å². The first-order valence-corrected chi connectivity index (χ1v) is 12.5. The van der Waals surface area contributed by atoms with Gasteiger partial charge in [-0.15, -0.1) is 11.3 Å². The smallest absolute Gasteiger partial charge is 0.333 e. The van der Waals surface area contributed by atoms with Gasteiger partial charge in [0.05, 0.1) is 18.3 Å². The molecule has 0 saturated heterocycles. The van der Waals surface area contributed by atoms with Crippen LogP contribution in [0.1, 0.15) is 6.42 Å². The van der Waals surface area contributed by atoms with Crippen molar-refractivity contribution >= 4 is 54.8 Å². The van der Waals surface area contributed by atoms with Crippen LogP contribution in [0.2, 0.25) is 5.02 Å². The lowest BCUT2D eigenvalue weighted by molar-refractivity contribution is 0.148. The number of nitrogens with one attached hydrogen (secondary N) is 1. The predicted molar refractivity (Wildman–Crippen MR) is 126 cm³/mol. The maximum Gasteiger partial charge on any atom is 0.333 e. The summed E-state index contributed by atoms with van der Waals surface area (Å²) < 4.78 is 29.3. The summed E-state index contributed by atoms with van der Waals surface area (Å²) in [4.78, 5) is 4.37. The first kappa shape index (κ1) is 22.1. The van der Waals surface area contributed by atoms with Gasteiger partial charge in [0.2, 0.25) is 0 Å². The molecule has 0 unspecified atom stereocenters.